The number of likely N-dealkylation sites (N-methyl/N-ethyl adjacent to an activating group) is 1. The molecule has 4 N–H and O–H groups in total. The maximum absolute atomic E-state index is 11.3. The molecular formula is C13H21N5O. The monoisotopic (exact) mass is 263 g/mol. The van der Waals surface area contributed by atoms with Gasteiger partial charge in [0.15, 0.2) is 0 Å². The second-order valence-corrected chi connectivity index (χ2v) is 5.41. The van der Waals surface area contributed by atoms with E-state index >= 15 is 0 Å². The number of carbonyl (C=O) groups excluding carboxylic acids is 1. The van der Waals surface area contributed by atoms with Gasteiger partial charge in [0.05, 0.1) is 17.4 Å². The van der Waals surface area contributed by atoms with Crippen LogP contribution in [0.4, 0.5) is 11.5 Å². The summed E-state index contributed by atoms with van der Waals surface area (Å²) in [6.45, 7) is 4.03. The molecule has 0 radical (unpaired) electrons. The van der Waals surface area contributed by atoms with Crippen LogP contribution in [0.5, 0.6) is 0 Å². The number of rotatable bonds is 3. The van der Waals surface area contributed by atoms with Crippen LogP contribution in [0.2, 0.25) is 0 Å². The molecule has 0 saturated carbocycles. The van der Waals surface area contributed by atoms with E-state index in [4.69, 9.17) is 11.5 Å². The smallest absolute Gasteiger partial charge is 0.250 e. The van der Waals surface area contributed by atoms with Crippen molar-refractivity contribution in [3.8, 4) is 0 Å². The van der Waals surface area contributed by atoms with E-state index in [2.05, 4.69) is 35.8 Å². The van der Waals surface area contributed by atoms with E-state index in [0.29, 0.717) is 23.2 Å². The fourth-order valence-electron chi connectivity index (χ4n) is 2.65. The van der Waals surface area contributed by atoms with Crippen molar-refractivity contribution in [3.63, 3.8) is 0 Å². The summed E-state index contributed by atoms with van der Waals surface area (Å²) in [4.78, 5) is 20.0. The molecule has 1 aliphatic rings. The van der Waals surface area contributed by atoms with Crippen LogP contribution >= 0.6 is 0 Å². The maximum Gasteiger partial charge on any atom is 0.250 e. The maximum atomic E-state index is 11.3. The molecule has 1 amide bonds. The highest BCUT2D eigenvalue weighted by Gasteiger charge is 2.31. The van der Waals surface area contributed by atoms with Crippen molar-refractivity contribution < 1.29 is 4.79 Å². The Kier molecular flexibility index (Phi) is 3.61. The van der Waals surface area contributed by atoms with Crippen molar-refractivity contribution in [1.29, 1.82) is 0 Å². The molecule has 2 unspecified atom stereocenters. The van der Waals surface area contributed by atoms with Gasteiger partial charge in [-0.3, -0.25) is 4.79 Å². The summed E-state index contributed by atoms with van der Waals surface area (Å²) in [5, 5.41) is 0. The number of primary amides is 1. The van der Waals surface area contributed by atoms with Gasteiger partial charge in [-0.1, -0.05) is 6.92 Å². The highest BCUT2D eigenvalue weighted by molar-refractivity contribution is 5.98. The van der Waals surface area contributed by atoms with Gasteiger partial charge in [0, 0.05) is 19.1 Å². The molecule has 2 rings (SSSR count). The van der Waals surface area contributed by atoms with Crippen molar-refractivity contribution in [2.24, 2.45) is 11.7 Å². The first-order chi connectivity index (χ1) is 8.90. The molecule has 0 aliphatic carbocycles. The van der Waals surface area contributed by atoms with E-state index in [-0.39, 0.29) is 0 Å². The summed E-state index contributed by atoms with van der Waals surface area (Å²) >= 11 is 0. The molecule has 0 spiro atoms. The molecule has 1 aliphatic heterocycles. The zero-order valence-corrected chi connectivity index (χ0v) is 11.6. The molecule has 1 aromatic heterocycles. The third-order valence-electron chi connectivity index (χ3n) is 3.75. The van der Waals surface area contributed by atoms with E-state index in [9.17, 15) is 4.79 Å². The lowest BCUT2D eigenvalue weighted by atomic mass is 10.1. The molecule has 6 heteroatoms. The van der Waals surface area contributed by atoms with Crippen LogP contribution in [-0.4, -0.2) is 49.0 Å². The Hall–Kier alpha value is -1.82. The number of anilines is 2. The number of carbonyl (C=O) groups is 1. The average molecular weight is 263 g/mol. The van der Waals surface area contributed by atoms with Gasteiger partial charge in [0.1, 0.15) is 5.82 Å². The number of hydrogen-bond acceptors (Lipinski definition) is 5. The van der Waals surface area contributed by atoms with Crippen LogP contribution in [0, 0.1) is 5.92 Å². The van der Waals surface area contributed by atoms with Crippen molar-refractivity contribution in [2.75, 3.05) is 37.8 Å². The van der Waals surface area contributed by atoms with Crippen LogP contribution in [0.15, 0.2) is 12.3 Å². The molecule has 19 heavy (non-hydrogen) atoms. The summed E-state index contributed by atoms with van der Waals surface area (Å²) < 4.78 is 0. The fraction of sp³-hybridized carbons (Fsp3) is 0.538. The number of nitrogens with zero attached hydrogens (tertiary/aromatic N) is 3. The zero-order valence-electron chi connectivity index (χ0n) is 11.6. The Morgan fingerprint density at radius 1 is 1.47 bits per heavy atom. The first-order valence-corrected chi connectivity index (χ1v) is 6.37. The average Bonchev–Trinajstić information content (AvgIpc) is 2.71. The second-order valence-electron chi connectivity index (χ2n) is 5.41. The van der Waals surface area contributed by atoms with Crippen molar-refractivity contribution >= 4 is 17.4 Å². The first kappa shape index (κ1) is 13.6. The van der Waals surface area contributed by atoms with Crippen LogP contribution in [0.1, 0.15) is 17.3 Å². The highest BCUT2D eigenvalue weighted by atomic mass is 16.1. The molecule has 1 fully saturated rings. The predicted molar refractivity (Wildman–Crippen MR) is 76.0 cm³/mol. The first-order valence-electron chi connectivity index (χ1n) is 6.37. The number of hydrogen-bond donors (Lipinski definition) is 2. The van der Waals surface area contributed by atoms with E-state index in [0.717, 1.165) is 18.9 Å². The molecule has 1 saturated heterocycles. The van der Waals surface area contributed by atoms with Gasteiger partial charge in [-0.2, -0.15) is 0 Å². The van der Waals surface area contributed by atoms with Gasteiger partial charge in [-0.15, -0.1) is 0 Å². The summed E-state index contributed by atoms with van der Waals surface area (Å²) in [7, 11) is 4.16. The Bertz CT molecular complexity index is 488. The summed E-state index contributed by atoms with van der Waals surface area (Å²) in [5.41, 5.74) is 11.7. The van der Waals surface area contributed by atoms with E-state index in [1.165, 1.54) is 6.20 Å². The number of nitrogens with two attached hydrogens (primary N) is 2. The van der Waals surface area contributed by atoms with Gasteiger partial charge >= 0.3 is 0 Å². The Morgan fingerprint density at radius 2 is 2.16 bits per heavy atom. The molecular weight excluding hydrogens is 242 g/mol. The lowest BCUT2D eigenvalue weighted by Gasteiger charge is -2.22. The Morgan fingerprint density at radius 3 is 2.68 bits per heavy atom. The molecule has 6 nitrogen and oxygen atoms in total. The number of pyridine rings is 1. The standard InChI is InChI=1S/C13H21N5O/c1-8-6-18(7-11(8)17(2)3)12-4-9(13(15)19)10(14)5-16-12/h4-5,8,11H,6-7,14H2,1-3H3,(H2,15,19). The molecule has 104 valence electrons. The van der Waals surface area contributed by atoms with Gasteiger partial charge in [-0.05, 0) is 26.1 Å². The summed E-state index contributed by atoms with van der Waals surface area (Å²) in [6, 6.07) is 2.17. The van der Waals surface area contributed by atoms with E-state index < -0.39 is 5.91 Å². The number of nitrogen functional groups attached to an aromatic ring is 1. The van der Waals surface area contributed by atoms with Crippen molar-refractivity contribution in [1.82, 2.24) is 9.88 Å². The van der Waals surface area contributed by atoms with Crippen LogP contribution in [0.3, 0.4) is 0 Å². The lowest BCUT2D eigenvalue weighted by molar-refractivity contribution is 0.100. The largest absolute Gasteiger partial charge is 0.397 e. The molecule has 1 aromatic rings. The quantitative estimate of drug-likeness (QED) is 0.810. The van der Waals surface area contributed by atoms with Gasteiger partial charge in [0.2, 0.25) is 0 Å². The minimum Gasteiger partial charge on any atom is -0.397 e. The molecule has 2 atom stereocenters. The Labute approximate surface area is 113 Å². The molecule has 0 bridgehead atoms. The summed E-state index contributed by atoms with van der Waals surface area (Å²) in [5.74, 6) is 0.795. The lowest BCUT2D eigenvalue weighted by Crippen LogP contribution is -2.34. The van der Waals surface area contributed by atoms with Crippen molar-refractivity contribution in [2.45, 2.75) is 13.0 Å². The highest BCUT2D eigenvalue weighted by Crippen LogP contribution is 2.26. The second kappa shape index (κ2) is 5.05. The van der Waals surface area contributed by atoms with Gasteiger partial charge in [0.25, 0.3) is 5.91 Å². The predicted octanol–water partition coefficient (Wildman–Crippen LogP) is 0.149. The minimum absolute atomic E-state index is 0.327. The minimum atomic E-state index is -0.516. The van der Waals surface area contributed by atoms with Crippen LogP contribution in [-0.2, 0) is 0 Å². The normalized spacial score (nSPS) is 23.1. The van der Waals surface area contributed by atoms with Crippen molar-refractivity contribution in [3.05, 3.63) is 17.8 Å². The van der Waals surface area contributed by atoms with Gasteiger partial charge in [-0.25, -0.2) is 4.98 Å². The number of aromatic nitrogens is 1. The third-order valence-corrected chi connectivity index (χ3v) is 3.75. The topological polar surface area (TPSA) is 88.5 Å². The van der Waals surface area contributed by atoms with E-state index in [1.807, 2.05) is 0 Å². The van der Waals surface area contributed by atoms with Gasteiger partial charge < -0.3 is 21.3 Å². The molecule has 2 heterocycles. The molecule has 0 aromatic carbocycles. The van der Waals surface area contributed by atoms with E-state index in [1.54, 1.807) is 6.07 Å². The Balaban J connectivity index is 2.24. The number of amides is 1. The van der Waals surface area contributed by atoms with Crippen LogP contribution < -0.4 is 16.4 Å². The van der Waals surface area contributed by atoms with Crippen LogP contribution in [0.25, 0.3) is 0 Å². The third kappa shape index (κ3) is 2.63. The fourth-order valence-corrected chi connectivity index (χ4v) is 2.65. The summed E-state index contributed by atoms with van der Waals surface area (Å²) in [6.07, 6.45) is 1.50. The SMILES string of the molecule is CC1CN(c2cc(C(N)=O)c(N)cn2)CC1N(C)C. The zero-order chi connectivity index (χ0) is 14.2.